The Morgan fingerprint density at radius 1 is 1.26 bits per heavy atom. The van der Waals surface area contributed by atoms with E-state index in [1.165, 1.54) is 11.3 Å². The van der Waals surface area contributed by atoms with Crippen molar-refractivity contribution in [2.24, 2.45) is 4.99 Å². The van der Waals surface area contributed by atoms with Gasteiger partial charge in [0.05, 0.1) is 33.0 Å². The van der Waals surface area contributed by atoms with Crippen LogP contribution in [0, 0.1) is 12.3 Å². The first-order chi connectivity index (χ1) is 18.2. The molecule has 0 N–H and O–H groups in total. The van der Waals surface area contributed by atoms with Gasteiger partial charge in [0.1, 0.15) is 24.1 Å². The van der Waals surface area contributed by atoms with Crippen molar-refractivity contribution in [1.82, 2.24) is 4.57 Å². The number of carbonyl (C=O) groups is 1. The van der Waals surface area contributed by atoms with Gasteiger partial charge in [-0.25, -0.2) is 9.79 Å². The molecule has 9 heteroatoms. The molecule has 0 amide bonds. The number of rotatable bonds is 8. The van der Waals surface area contributed by atoms with Gasteiger partial charge < -0.3 is 14.2 Å². The summed E-state index contributed by atoms with van der Waals surface area (Å²) < 4.78 is 19.7. The maximum atomic E-state index is 13.9. The van der Waals surface area contributed by atoms with Gasteiger partial charge in [0.15, 0.2) is 4.80 Å². The second-order valence-electron chi connectivity index (χ2n) is 8.69. The molecule has 0 spiro atoms. The Morgan fingerprint density at radius 2 is 2.03 bits per heavy atom. The lowest BCUT2D eigenvalue weighted by Gasteiger charge is -2.26. The van der Waals surface area contributed by atoms with E-state index in [0.717, 1.165) is 5.56 Å². The van der Waals surface area contributed by atoms with Gasteiger partial charge in [-0.3, -0.25) is 9.36 Å². The van der Waals surface area contributed by atoms with E-state index in [1.807, 2.05) is 50.2 Å². The number of para-hydroxylation sites is 1. The maximum absolute atomic E-state index is 13.9. The van der Waals surface area contributed by atoms with Gasteiger partial charge in [0.2, 0.25) is 0 Å². The molecule has 1 atom stereocenters. The number of aromatic nitrogens is 1. The molecule has 0 bridgehead atoms. The Bertz CT molecular complexity index is 1630. The van der Waals surface area contributed by atoms with Crippen molar-refractivity contribution in [2.45, 2.75) is 39.8 Å². The Hall–Kier alpha value is -3.61. The molecule has 0 saturated carbocycles. The fraction of sp³-hybridized carbons (Fsp3) is 0.276. The number of terminal acetylenes is 1. The van der Waals surface area contributed by atoms with Crippen LogP contribution in [-0.4, -0.2) is 29.9 Å². The summed E-state index contributed by atoms with van der Waals surface area (Å²) in [7, 11) is 0. The van der Waals surface area contributed by atoms with Crippen LogP contribution < -0.4 is 24.4 Å². The minimum absolute atomic E-state index is 0.103. The Morgan fingerprint density at radius 3 is 2.71 bits per heavy atom. The number of carbonyl (C=O) groups excluding carboxylic acids is 1. The van der Waals surface area contributed by atoms with E-state index >= 15 is 0 Å². The van der Waals surface area contributed by atoms with E-state index in [9.17, 15) is 9.59 Å². The summed E-state index contributed by atoms with van der Waals surface area (Å²) >= 11 is 4.75. The molecule has 7 nitrogen and oxygen atoms in total. The zero-order valence-corrected chi connectivity index (χ0v) is 23.9. The molecule has 3 aromatic rings. The van der Waals surface area contributed by atoms with Gasteiger partial charge in [-0.1, -0.05) is 41.5 Å². The highest BCUT2D eigenvalue weighted by atomic mass is 79.9. The van der Waals surface area contributed by atoms with Crippen LogP contribution in [0.3, 0.4) is 0 Å². The molecule has 2 heterocycles. The molecule has 2 aromatic carbocycles. The SMILES string of the molecule is C#CCOc1ccc(/C=c2/sc3n(c2=O)[C@H](c2ccccc2OC(C)C)C(C(=O)OCC)=C(C)N=3)cc1Br. The summed E-state index contributed by atoms with van der Waals surface area (Å²) in [4.78, 5) is 32.2. The molecular weight excluding hydrogens is 568 g/mol. The second kappa shape index (κ2) is 11.8. The van der Waals surface area contributed by atoms with Crippen molar-refractivity contribution in [3.63, 3.8) is 0 Å². The highest BCUT2D eigenvalue weighted by Crippen LogP contribution is 2.36. The van der Waals surface area contributed by atoms with Gasteiger partial charge in [-0.15, -0.1) is 6.42 Å². The molecule has 1 aliphatic rings. The summed E-state index contributed by atoms with van der Waals surface area (Å²) in [5.74, 6) is 3.12. The Labute approximate surface area is 233 Å². The van der Waals surface area contributed by atoms with E-state index in [-0.39, 0.29) is 24.9 Å². The Balaban J connectivity index is 1.91. The predicted molar refractivity (Wildman–Crippen MR) is 151 cm³/mol. The van der Waals surface area contributed by atoms with Crippen LogP contribution in [0.5, 0.6) is 11.5 Å². The zero-order chi connectivity index (χ0) is 27.4. The summed E-state index contributed by atoms with van der Waals surface area (Å²) in [6, 6.07) is 12.1. The smallest absolute Gasteiger partial charge is 0.338 e. The van der Waals surface area contributed by atoms with Crippen LogP contribution in [0.25, 0.3) is 6.08 Å². The van der Waals surface area contributed by atoms with Crippen molar-refractivity contribution in [1.29, 1.82) is 0 Å². The van der Waals surface area contributed by atoms with Gasteiger partial charge in [-0.2, -0.15) is 0 Å². The molecule has 0 unspecified atom stereocenters. The molecule has 0 aliphatic carbocycles. The minimum Gasteiger partial charge on any atom is -0.491 e. The van der Waals surface area contributed by atoms with Gasteiger partial charge >= 0.3 is 5.97 Å². The lowest BCUT2D eigenvalue weighted by Crippen LogP contribution is -2.40. The third kappa shape index (κ3) is 5.62. The molecule has 38 heavy (non-hydrogen) atoms. The number of hydrogen-bond donors (Lipinski definition) is 0. The monoisotopic (exact) mass is 594 g/mol. The topological polar surface area (TPSA) is 79.1 Å². The fourth-order valence-electron chi connectivity index (χ4n) is 4.15. The number of thiazole rings is 1. The summed E-state index contributed by atoms with van der Waals surface area (Å²) in [5, 5.41) is 0. The third-order valence-corrected chi connectivity index (χ3v) is 7.26. The van der Waals surface area contributed by atoms with Crippen LogP contribution in [0.2, 0.25) is 0 Å². The quantitative estimate of drug-likeness (QED) is 0.286. The number of allylic oxidation sites excluding steroid dienone is 1. The number of hydrogen-bond acceptors (Lipinski definition) is 7. The first-order valence-corrected chi connectivity index (χ1v) is 13.7. The summed E-state index contributed by atoms with van der Waals surface area (Å²) in [5.41, 5.74) is 2.01. The number of halogens is 1. The lowest BCUT2D eigenvalue weighted by molar-refractivity contribution is -0.139. The second-order valence-corrected chi connectivity index (χ2v) is 10.6. The van der Waals surface area contributed by atoms with Gasteiger partial charge in [-0.05, 0) is 73.5 Å². The molecule has 196 valence electrons. The maximum Gasteiger partial charge on any atom is 0.338 e. The van der Waals surface area contributed by atoms with Crippen LogP contribution in [-0.2, 0) is 9.53 Å². The molecule has 0 fully saturated rings. The molecule has 1 aromatic heterocycles. The number of esters is 1. The van der Waals surface area contributed by atoms with Crippen LogP contribution >= 0.6 is 27.3 Å². The largest absolute Gasteiger partial charge is 0.491 e. The summed E-state index contributed by atoms with van der Waals surface area (Å²) in [6.07, 6.45) is 6.97. The van der Waals surface area contributed by atoms with E-state index in [1.54, 1.807) is 30.6 Å². The molecule has 1 aliphatic heterocycles. The number of benzene rings is 2. The van der Waals surface area contributed by atoms with Crippen molar-refractivity contribution in [2.75, 3.05) is 13.2 Å². The molecular formula is C29H27BrN2O5S. The van der Waals surface area contributed by atoms with Crippen LogP contribution in [0.15, 0.2) is 68.0 Å². The van der Waals surface area contributed by atoms with E-state index in [2.05, 4.69) is 26.8 Å². The van der Waals surface area contributed by atoms with E-state index in [0.29, 0.717) is 42.1 Å². The average molecular weight is 596 g/mol. The van der Waals surface area contributed by atoms with Crippen molar-refractivity contribution < 1.29 is 19.0 Å². The minimum atomic E-state index is -0.756. The van der Waals surface area contributed by atoms with Gasteiger partial charge in [0.25, 0.3) is 5.56 Å². The fourth-order valence-corrected chi connectivity index (χ4v) is 5.71. The Kier molecular flexibility index (Phi) is 8.55. The van der Waals surface area contributed by atoms with Crippen molar-refractivity contribution in [3.8, 4) is 23.8 Å². The van der Waals surface area contributed by atoms with Gasteiger partial charge in [0, 0.05) is 5.56 Å². The molecule has 0 radical (unpaired) electrons. The highest BCUT2D eigenvalue weighted by molar-refractivity contribution is 9.10. The predicted octanol–water partition coefficient (Wildman–Crippen LogP) is 4.36. The normalized spacial score (nSPS) is 15.1. The first-order valence-electron chi connectivity index (χ1n) is 12.1. The molecule has 4 rings (SSSR count). The van der Waals surface area contributed by atoms with Crippen molar-refractivity contribution >= 4 is 39.3 Å². The number of ether oxygens (including phenoxy) is 3. The van der Waals surface area contributed by atoms with E-state index in [4.69, 9.17) is 20.6 Å². The highest BCUT2D eigenvalue weighted by Gasteiger charge is 2.35. The van der Waals surface area contributed by atoms with Crippen LogP contribution in [0.1, 0.15) is 44.9 Å². The molecule has 0 saturated heterocycles. The first kappa shape index (κ1) is 27.4. The third-order valence-electron chi connectivity index (χ3n) is 5.66. The lowest BCUT2D eigenvalue weighted by atomic mass is 9.95. The number of nitrogens with zero attached hydrogens (tertiary/aromatic N) is 2. The average Bonchev–Trinajstić information content (AvgIpc) is 3.17. The number of fused-ring (bicyclic) bond motifs is 1. The standard InChI is InChI=1S/C29H27BrN2O5S/c1-6-14-36-23-13-12-19(15-21(23)30)16-24-27(33)32-26(20-10-8-9-11-22(20)37-17(3)4)25(28(34)35-7-2)18(5)31-29(32)38-24/h1,8-13,15-17,26H,7,14H2,2-5H3/b24-16+/t26-/m1/s1. The van der Waals surface area contributed by atoms with E-state index < -0.39 is 12.0 Å². The zero-order valence-electron chi connectivity index (χ0n) is 21.5. The van der Waals surface area contributed by atoms with Crippen LogP contribution in [0.4, 0.5) is 0 Å². The summed E-state index contributed by atoms with van der Waals surface area (Å²) in [6.45, 7) is 7.71. The van der Waals surface area contributed by atoms with Crippen molar-refractivity contribution in [3.05, 3.63) is 89.0 Å².